The van der Waals surface area contributed by atoms with Crippen molar-refractivity contribution in [3.8, 4) is 6.07 Å². The molecule has 1 rings (SSSR count). The number of nitrogens with zero attached hydrogens (tertiary/aromatic N) is 1. The first kappa shape index (κ1) is 14.7. The topological polar surface area (TPSA) is 70.0 Å². The van der Waals surface area contributed by atoms with Gasteiger partial charge in [-0.05, 0) is 24.5 Å². The third kappa shape index (κ3) is 4.13. The quantitative estimate of drug-likeness (QED) is 0.858. The second kappa shape index (κ2) is 6.53. The fourth-order valence-electron chi connectivity index (χ4n) is 1.64. The molecule has 1 aromatic rings. The molecule has 0 aliphatic carbocycles. The SMILES string of the molecule is CCCCS(=O)(=O)NC(C#N)c1ccccc1C. The molecule has 1 N–H and O–H groups in total. The summed E-state index contributed by atoms with van der Waals surface area (Å²) in [7, 11) is -3.39. The minimum absolute atomic E-state index is 0.0631. The number of hydrogen-bond donors (Lipinski definition) is 1. The molecule has 0 aromatic heterocycles. The predicted molar refractivity (Wildman–Crippen MR) is 71.4 cm³/mol. The van der Waals surface area contributed by atoms with Gasteiger partial charge >= 0.3 is 0 Å². The first-order valence-corrected chi connectivity index (χ1v) is 7.60. The molecule has 0 heterocycles. The van der Waals surface area contributed by atoms with Crippen molar-refractivity contribution < 1.29 is 8.42 Å². The van der Waals surface area contributed by atoms with Gasteiger partial charge in [-0.2, -0.15) is 9.98 Å². The van der Waals surface area contributed by atoms with E-state index < -0.39 is 16.1 Å². The van der Waals surface area contributed by atoms with Crippen LogP contribution in [0.3, 0.4) is 0 Å². The van der Waals surface area contributed by atoms with Crippen molar-refractivity contribution in [2.45, 2.75) is 32.7 Å². The highest BCUT2D eigenvalue weighted by molar-refractivity contribution is 7.89. The van der Waals surface area contributed by atoms with E-state index >= 15 is 0 Å². The lowest BCUT2D eigenvalue weighted by molar-refractivity contribution is 0.572. The van der Waals surface area contributed by atoms with Crippen LogP contribution in [-0.2, 0) is 10.0 Å². The molecule has 0 radical (unpaired) electrons. The van der Waals surface area contributed by atoms with E-state index in [0.717, 1.165) is 12.0 Å². The van der Waals surface area contributed by atoms with Crippen LogP contribution in [0.25, 0.3) is 0 Å². The van der Waals surface area contributed by atoms with Crippen molar-refractivity contribution >= 4 is 10.0 Å². The number of benzene rings is 1. The highest BCUT2D eigenvalue weighted by Gasteiger charge is 2.19. The summed E-state index contributed by atoms with van der Waals surface area (Å²) in [6, 6.07) is 8.48. The number of aryl methyl sites for hydroxylation is 1. The molecule has 0 aliphatic rings. The van der Waals surface area contributed by atoms with E-state index in [1.807, 2.05) is 32.0 Å². The van der Waals surface area contributed by atoms with Gasteiger partial charge in [0.1, 0.15) is 6.04 Å². The minimum Gasteiger partial charge on any atom is -0.212 e. The predicted octanol–water partition coefficient (Wildman–Crippen LogP) is 2.28. The summed E-state index contributed by atoms with van der Waals surface area (Å²) in [4.78, 5) is 0. The Morgan fingerprint density at radius 3 is 2.61 bits per heavy atom. The number of nitriles is 1. The molecule has 4 nitrogen and oxygen atoms in total. The standard InChI is InChI=1S/C13H18N2O2S/c1-3-4-9-18(16,17)15-13(10-14)12-8-6-5-7-11(12)2/h5-8,13,15H,3-4,9H2,1-2H3. The zero-order chi connectivity index (χ0) is 13.6. The van der Waals surface area contributed by atoms with Gasteiger partial charge in [-0.15, -0.1) is 0 Å². The summed E-state index contributed by atoms with van der Waals surface area (Å²) in [5.74, 6) is 0.0631. The smallest absolute Gasteiger partial charge is 0.212 e. The van der Waals surface area contributed by atoms with Gasteiger partial charge in [-0.3, -0.25) is 0 Å². The zero-order valence-electron chi connectivity index (χ0n) is 10.7. The summed E-state index contributed by atoms with van der Waals surface area (Å²) in [5, 5.41) is 9.12. The van der Waals surface area contributed by atoms with Crippen molar-refractivity contribution in [3.63, 3.8) is 0 Å². The Labute approximate surface area is 109 Å². The monoisotopic (exact) mass is 266 g/mol. The molecule has 1 unspecified atom stereocenters. The Morgan fingerprint density at radius 2 is 2.06 bits per heavy atom. The lowest BCUT2D eigenvalue weighted by Crippen LogP contribution is -2.30. The Morgan fingerprint density at radius 1 is 1.39 bits per heavy atom. The number of hydrogen-bond acceptors (Lipinski definition) is 3. The largest absolute Gasteiger partial charge is 0.213 e. The summed E-state index contributed by atoms with van der Waals surface area (Å²) in [5.41, 5.74) is 1.61. The van der Waals surface area contributed by atoms with Gasteiger partial charge in [-0.1, -0.05) is 37.6 Å². The molecule has 0 saturated heterocycles. The number of nitrogens with one attached hydrogen (secondary N) is 1. The van der Waals surface area contributed by atoms with Gasteiger partial charge in [0.05, 0.1) is 11.8 Å². The van der Waals surface area contributed by atoms with Crippen LogP contribution in [0.4, 0.5) is 0 Å². The van der Waals surface area contributed by atoms with Crippen LogP contribution in [0.2, 0.25) is 0 Å². The van der Waals surface area contributed by atoms with Gasteiger partial charge in [0.25, 0.3) is 0 Å². The minimum atomic E-state index is -3.39. The van der Waals surface area contributed by atoms with Crippen LogP contribution in [-0.4, -0.2) is 14.2 Å². The van der Waals surface area contributed by atoms with E-state index in [9.17, 15) is 8.42 Å². The summed E-state index contributed by atoms with van der Waals surface area (Å²) >= 11 is 0. The molecule has 0 bridgehead atoms. The Balaban J connectivity index is 2.88. The van der Waals surface area contributed by atoms with Crippen LogP contribution in [0.15, 0.2) is 24.3 Å². The molecule has 1 aromatic carbocycles. The third-order valence-corrected chi connectivity index (χ3v) is 4.11. The molecule has 0 amide bonds. The average Bonchev–Trinajstić information content (AvgIpc) is 2.34. The highest BCUT2D eigenvalue weighted by Crippen LogP contribution is 2.17. The van der Waals surface area contributed by atoms with Crippen LogP contribution >= 0.6 is 0 Å². The Hall–Kier alpha value is -1.38. The molecule has 18 heavy (non-hydrogen) atoms. The number of sulfonamides is 1. The van der Waals surface area contributed by atoms with Crippen LogP contribution < -0.4 is 4.72 Å². The Bertz CT molecular complexity index is 532. The van der Waals surface area contributed by atoms with Crippen molar-refractivity contribution in [2.75, 3.05) is 5.75 Å². The second-order valence-electron chi connectivity index (χ2n) is 4.21. The second-order valence-corrected chi connectivity index (χ2v) is 6.08. The molecule has 0 saturated carbocycles. The molecule has 5 heteroatoms. The first-order valence-electron chi connectivity index (χ1n) is 5.95. The van der Waals surface area contributed by atoms with E-state index in [1.54, 1.807) is 12.1 Å². The average molecular weight is 266 g/mol. The normalized spacial score (nSPS) is 12.9. The fourth-order valence-corrected chi connectivity index (χ4v) is 2.97. The molecular weight excluding hydrogens is 248 g/mol. The number of rotatable bonds is 6. The van der Waals surface area contributed by atoms with Gasteiger partial charge < -0.3 is 0 Å². The molecule has 0 spiro atoms. The highest BCUT2D eigenvalue weighted by atomic mass is 32.2. The van der Waals surface area contributed by atoms with Crippen LogP contribution in [0.5, 0.6) is 0 Å². The van der Waals surface area contributed by atoms with E-state index in [2.05, 4.69) is 4.72 Å². The fraction of sp³-hybridized carbons (Fsp3) is 0.462. The van der Waals surface area contributed by atoms with E-state index in [-0.39, 0.29) is 5.75 Å². The van der Waals surface area contributed by atoms with Crippen molar-refractivity contribution in [1.82, 2.24) is 4.72 Å². The summed E-state index contributed by atoms with van der Waals surface area (Å²) in [6.07, 6.45) is 1.41. The molecule has 98 valence electrons. The number of unbranched alkanes of at least 4 members (excludes halogenated alkanes) is 1. The molecule has 1 atom stereocenters. The van der Waals surface area contributed by atoms with Crippen LogP contribution in [0, 0.1) is 18.3 Å². The Kier molecular flexibility index (Phi) is 5.32. The van der Waals surface area contributed by atoms with Crippen LogP contribution in [0.1, 0.15) is 36.9 Å². The van der Waals surface area contributed by atoms with Crippen molar-refractivity contribution in [2.24, 2.45) is 0 Å². The maximum absolute atomic E-state index is 11.8. The zero-order valence-corrected chi connectivity index (χ0v) is 11.5. The first-order chi connectivity index (χ1) is 8.50. The van der Waals surface area contributed by atoms with Gasteiger partial charge in [0.15, 0.2) is 0 Å². The van der Waals surface area contributed by atoms with E-state index in [0.29, 0.717) is 12.0 Å². The maximum atomic E-state index is 11.8. The summed E-state index contributed by atoms with van der Waals surface area (Å²) < 4.78 is 26.0. The molecular formula is C13H18N2O2S. The van der Waals surface area contributed by atoms with Crippen molar-refractivity contribution in [3.05, 3.63) is 35.4 Å². The lowest BCUT2D eigenvalue weighted by Gasteiger charge is -2.14. The summed E-state index contributed by atoms with van der Waals surface area (Å²) in [6.45, 7) is 3.79. The van der Waals surface area contributed by atoms with E-state index in [4.69, 9.17) is 5.26 Å². The lowest BCUT2D eigenvalue weighted by atomic mass is 10.0. The van der Waals surface area contributed by atoms with E-state index in [1.165, 1.54) is 0 Å². The van der Waals surface area contributed by atoms with Gasteiger partial charge in [-0.25, -0.2) is 8.42 Å². The van der Waals surface area contributed by atoms with Gasteiger partial charge in [0, 0.05) is 0 Å². The maximum Gasteiger partial charge on any atom is 0.213 e. The third-order valence-electron chi connectivity index (χ3n) is 2.69. The molecule has 0 fully saturated rings. The van der Waals surface area contributed by atoms with Gasteiger partial charge in [0.2, 0.25) is 10.0 Å². The van der Waals surface area contributed by atoms with Crippen molar-refractivity contribution in [1.29, 1.82) is 5.26 Å². The molecule has 0 aliphatic heterocycles.